The van der Waals surface area contributed by atoms with Crippen molar-refractivity contribution in [1.82, 2.24) is 10.2 Å². The molecule has 0 aromatic heterocycles. The largest absolute Gasteiger partial charge is 0.444 e. The van der Waals surface area contributed by atoms with Gasteiger partial charge in [0.1, 0.15) is 5.60 Å². The summed E-state index contributed by atoms with van der Waals surface area (Å²) in [4.78, 5) is 14.0. The third-order valence-corrected chi connectivity index (χ3v) is 3.65. The van der Waals surface area contributed by atoms with E-state index in [1.807, 2.05) is 25.7 Å². The smallest absolute Gasteiger partial charge is 0.410 e. The van der Waals surface area contributed by atoms with E-state index in [1.54, 1.807) is 0 Å². The monoisotopic (exact) mass is 240 g/mol. The van der Waals surface area contributed by atoms with Crippen LogP contribution in [0.2, 0.25) is 0 Å². The molecule has 0 saturated carbocycles. The average molecular weight is 240 g/mol. The van der Waals surface area contributed by atoms with E-state index < -0.39 is 5.60 Å². The number of likely N-dealkylation sites (tertiary alicyclic amines) is 1. The van der Waals surface area contributed by atoms with Gasteiger partial charge in [-0.15, -0.1) is 0 Å². The number of amides is 1. The van der Waals surface area contributed by atoms with Crippen molar-refractivity contribution in [3.8, 4) is 0 Å². The lowest BCUT2D eigenvalue weighted by Gasteiger charge is -2.35. The van der Waals surface area contributed by atoms with Crippen LogP contribution in [0.4, 0.5) is 4.79 Å². The molecule has 1 amide bonds. The van der Waals surface area contributed by atoms with Crippen molar-refractivity contribution in [2.24, 2.45) is 5.92 Å². The van der Waals surface area contributed by atoms with Crippen LogP contribution in [0.3, 0.4) is 0 Å². The molecule has 2 aliphatic heterocycles. The Morgan fingerprint density at radius 2 is 2.12 bits per heavy atom. The zero-order chi connectivity index (χ0) is 12.6. The van der Waals surface area contributed by atoms with E-state index in [9.17, 15) is 4.79 Å². The molecule has 2 aliphatic rings. The van der Waals surface area contributed by atoms with Crippen molar-refractivity contribution < 1.29 is 9.53 Å². The lowest BCUT2D eigenvalue weighted by Crippen LogP contribution is -2.51. The molecule has 3 atom stereocenters. The van der Waals surface area contributed by atoms with Gasteiger partial charge in [-0.3, -0.25) is 0 Å². The number of hydrogen-bond donors (Lipinski definition) is 1. The minimum atomic E-state index is -0.398. The minimum absolute atomic E-state index is 0.152. The van der Waals surface area contributed by atoms with Crippen molar-refractivity contribution in [2.45, 2.75) is 58.2 Å². The fraction of sp³-hybridized carbons (Fsp3) is 0.923. The molecule has 1 N–H and O–H groups in total. The molecule has 2 heterocycles. The highest BCUT2D eigenvalue weighted by atomic mass is 16.6. The number of carbonyl (C=O) groups excluding carboxylic acids is 1. The van der Waals surface area contributed by atoms with E-state index in [2.05, 4.69) is 12.2 Å². The normalized spacial score (nSPS) is 33.4. The number of carbonyl (C=O) groups is 1. The fourth-order valence-electron chi connectivity index (χ4n) is 2.88. The first-order valence-electron chi connectivity index (χ1n) is 6.60. The van der Waals surface area contributed by atoms with Crippen molar-refractivity contribution in [3.63, 3.8) is 0 Å². The maximum Gasteiger partial charge on any atom is 0.410 e. The Morgan fingerprint density at radius 3 is 2.76 bits per heavy atom. The molecule has 0 aromatic rings. The molecule has 17 heavy (non-hydrogen) atoms. The van der Waals surface area contributed by atoms with Gasteiger partial charge in [0.2, 0.25) is 0 Å². The van der Waals surface area contributed by atoms with E-state index in [4.69, 9.17) is 4.74 Å². The van der Waals surface area contributed by atoms with Crippen LogP contribution >= 0.6 is 0 Å². The van der Waals surface area contributed by atoms with Gasteiger partial charge >= 0.3 is 6.09 Å². The summed E-state index contributed by atoms with van der Waals surface area (Å²) in [7, 11) is 0. The number of nitrogens with one attached hydrogen (secondary N) is 1. The zero-order valence-corrected chi connectivity index (χ0v) is 11.3. The second-order valence-corrected chi connectivity index (χ2v) is 6.33. The Balaban J connectivity index is 1.97. The molecule has 0 spiro atoms. The topological polar surface area (TPSA) is 41.6 Å². The van der Waals surface area contributed by atoms with E-state index in [0.29, 0.717) is 18.0 Å². The van der Waals surface area contributed by atoms with Gasteiger partial charge in [0.05, 0.1) is 6.04 Å². The van der Waals surface area contributed by atoms with Gasteiger partial charge in [-0.05, 0) is 46.5 Å². The van der Waals surface area contributed by atoms with Gasteiger partial charge in [0, 0.05) is 19.1 Å². The molecule has 2 rings (SSSR count). The number of nitrogens with zero attached hydrogens (tertiary/aromatic N) is 1. The van der Waals surface area contributed by atoms with Crippen molar-refractivity contribution >= 4 is 6.09 Å². The van der Waals surface area contributed by atoms with Gasteiger partial charge in [-0.25, -0.2) is 4.79 Å². The molecular formula is C13H24N2O2. The molecule has 4 heteroatoms. The maximum absolute atomic E-state index is 12.1. The van der Waals surface area contributed by atoms with Crippen LogP contribution in [-0.2, 0) is 4.74 Å². The van der Waals surface area contributed by atoms with Crippen LogP contribution < -0.4 is 5.32 Å². The summed E-state index contributed by atoms with van der Waals surface area (Å²) in [6.45, 7) is 9.72. The van der Waals surface area contributed by atoms with Crippen LogP contribution in [0.1, 0.15) is 40.5 Å². The number of piperidine rings is 1. The van der Waals surface area contributed by atoms with Crippen LogP contribution in [0.25, 0.3) is 0 Å². The Bertz CT molecular complexity index is 298. The molecule has 4 nitrogen and oxygen atoms in total. The van der Waals surface area contributed by atoms with E-state index in [1.165, 1.54) is 6.42 Å². The predicted molar refractivity (Wildman–Crippen MR) is 66.9 cm³/mol. The SMILES string of the molecule is CC1CC2CCN(C(=O)OC(C)(C)C)C2CN1. The van der Waals surface area contributed by atoms with E-state index in [-0.39, 0.29) is 6.09 Å². The molecule has 2 saturated heterocycles. The first-order chi connectivity index (χ1) is 7.87. The molecule has 3 unspecified atom stereocenters. The lowest BCUT2D eigenvalue weighted by molar-refractivity contribution is 0.0185. The summed E-state index contributed by atoms with van der Waals surface area (Å²) < 4.78 is 5.46. The molecule has 2 fully saturated rings. The van der Waals surface area contributed by atoms with Crippen LogP contribution in [0.5, 0.6) is 0 Å². The lowest BCUT2D eigenvalue weighted by atomic mass is 9.89. The molecule has 98 valence electrons. The van der Waals surface area contributed by atoms with Crippen LogP contribution in [-0.4, -0.2) is 41.8 Å². The second kappa shape index (κ2) is 4.48. The Hall–Kier alpha value is -0.770. The maximum atomic E-state index is 12.1. The van der Waals surface area contributed by atoms with E-state index >= 15 is 0 Å². The van der Waals surface area contributed by atoms with Crippen molar-refractivity contribution in [3.05, 3.63) is 0 Å². The van der Waals surface area contributed by atoms with Gasteiger partial charge in [-0.2, -0.15) is 0 Å². The highest BCUT2D eigenvalue weighted by molar-refractivity contribution is 5.69. The summed E-state index contributed by atoms with van der Waals surface area (Å²) in [5.74, 6) is 0.652. The highest BCUT2D eigenvalue weighted by Crippen LogP contribution is 2.31. The summed E-state index contributed by atoms with van der Waals surface area (Å²) in [6, 6.07) is 0.913. The summed E-state index contributed by atoms with van der Waals surface area (Å²) in [6.07, 6.45) is 2.14. The second-order valence-electron chi connectivity index (χ2n) is 6.33. The molecule has 0 aromatic carbocycles. The molecular weight excluding hydrogens is 216 g/mol. The van der Waals surface area contributed by atoms with Crippen LogP contribution in [0, 0.1) is 5.92 Å². The number of fused-ring (bicyclic) bond motifs is 1. The summed E-state index contributed by atoms with van der Waals surface area (Å²) in [5, 5.41) is 3.45. The van der Waals surface area contributed by atoms with Crippen molar-refractivity contribution in [2.75, 3.05) is 13.1 Å². The van der Waals surface area contributed by atoms with E-state index in [0.717, 1.165) is 19.5 Å². The average Bonchev–Trinajstić information content (AvgIpc) is 2.57. The Kier molecular flexibility index (Phi) is 3.34. The molecule has 0 aliphatic carbocycles. The fourth-order valence-corrected chi connectivity index (χ4v) is 2.88. The van der Waals surface area contributed by atoms with Crippen molar-refractivity contribution in [1.29, 1.82) is 0 Å². The first kappa shape index (κ1) is 12.7. The van der Waals surface area contributed by atoms with Gasteiger partial charge in [-0.1, -0.05) is 0 Å². The Morgan fingerprint density at radius 1 is 1.41 bits per heavy atom. The summed E-state index contributed by atoms with van der Waals surface area (Å²) in [5.41, 5.74) is -0.398. The van der Waals surface area contributed by atoms with Gasteiger partial charge < -0.3 is 15.0 Å². The zero-order valence-electron chi connectivity index (χ0n) is 11.3. The predicted octanol–water partition coefficient (Wildman–Crippen LogP) is 1.99. The summed E-state index contributed by atoms with van der Waals surface area (Å²) >= 11 is 0. The first-order valence-corrected chi connectivity index (χ1v) is 6.60. The standard InChI is InChI=1S/C13H24N2O2/c1-9-7-10-5-6-15(11(10)8-14-9)12(16)17-13(2,3)4/h9-11,14H,5-8H2,1-4H3. The number of rotatable bonds is 0. The third kappa shape index (κ3) is 2.92. The number of ether oxygens (including phenoxy) is 1. The third-order valence-electron chi connectivity index (χ3n) is 3.65. The van der Waals surface area contributed by atoms with Gasteiger partial charge in [0.15, 0.2) is 0 Å². The van der Waals surface area contributed by atoms with Gasteiger partial charge in [0.25, 0.3) is 0 Å². The Labute approximate surface area is 104 Å². The van der Waals surface area contributed by atoms with Crippen LogP contribution in [0.15, 0.2) is 0 Å². The quantitative estimate of drug-likeness (QED) is 0.704. The molecule has 0 radical (unpaired) electrons. The highest BCUT2D eigenvalue weighted by Gasteiger charge is 2.41. The number of hydrogen-bond acceptors (Lipinski definition) is 3. The molecule has 0 bridgehead atoms. The minimum Gasteiger partial charge on any atom is -0.444 e.